The number of carbonyl (C=O) groups is 3. The molecule has 0 radical (unpaired) electrons. The Morgan fingerprint density at radius 1 is 1.03 bits per heavy atom. The second-order valence-electron chi connectivity index (χ2n) is 7.67. The number of hydrogen-bond acceptors (Lipinski definition) is 11. The number of carbonyl (C=O) groups excluding carboxylic acids is 3. The molecule has 0 aromatic rings. The third kappa shape index (κ3) is 14.4. The third-order valence-electron chi connectivity index (χ3n) is 4.31. The fraction of sp³-hybridized carbons (Fsp3) is 0.833. The van der Waals surface area contributed by atoms with Crippen molar-refractivity contribution in [3.63, 3.8) is 0 Å². The van der Waals surface area contributed by atoms with Gasteiger partial charge in [0.05, 0.1) is 30.5 Å². The lowest BCUT2D eigenvalue weighted by Gasteiger charge is -2.24. The summed E-state index contributed by atoms with van der Waals surface area (Å²) in [6.07, 6.45) is 2.49. The zero-order valence-corrected chi connectivity index (χ0v) is 19.0. The van der Waals surface area contributed by atoms with Gasteiger partial charge in [-0.1, -0.05) is 20.3 Å². The van der Waals surface area contributed by atoms with Crippen molar-refractivity contribution in [3.8, 4) is 0 Å². The van der Waals surface area contributed by atoms with Gasteiger partial charge in [-0.2, -0.15) is 8.42 Å². The highest BCUT2D eigenvalue weighted by Crippen LogP contribution is 2.09. The second-order valence-corrected chi connectivity index (χ2v) is 9.24. The van der Waals surface area contributed by atoms with Gasteiger partial charge < -0.3 is 15.6 Å². The number of nitrogens with two attached hydrogens (primary N) is 1. The van der Waals surface area contributed by atoms with Crippen molar-refractivity contribution in [3.05, 3.63) is 0 Å². The molecule has 0 aromatic heterocycles. The van der Waals surface area contributed by atoms with Gasteiger partial charge in [0.25, 0.3) is 10.1 Å². The van der Waals surface area contributed by atoms with E-state index in [1.807, 2.05) is 13.8 Å². The zero-order chi connectivity index (χ0) is 23.9. The predicted octanol–water partition coefficient (Wildman–Crippen LogP) is -1.94. The topological polar surface area (TPSA) is 200 Å². The number of ketones is 2. The lowest BCUT2D eigenvalue weighted by atomic mass is 9.94. The lowest BCUT2D eigenvalue weighted by Crippen LogP contribution is -2.56. The van der Waals surface area contributed by atoms with Crippen LogP contribution in [0.4, 0.5) is 0 Å². The van der Waals surface area contributed by atoms with Gasteiger partial charge >= 0.3 is 0 Å². The van der Waals surface area contributed by atoms with Gasteiger partial charge in [0.15, 0.2) is 0 Å². The fourth-order valence-electron chi connectivity index (χ4n) is 2.68. The number of Topliss-reactive ketones (excluding diaryl/α,β-unsaturated/α-hetero) is 2. The summed E-state index contributed by atoms with van der Waals surface area (Å²) in [5.41, 5.74) is 16.2. The summed E-state index contributed by atoms with van der Waals surface area (Å²) in [6.45, 7) is 3.89. The van der Waals surface area contributed by atoms with Crippen molar-refractivity contribution < 1.29 is 32.5 Å². The molecule has 0 saturated heterocycles. The maximum Gasteiger partial charge on any atom is 0.264 e. The number of nitrogens with one attached hydrogen (secondary N) is 4. The summed E-state index contributed by atoms with van der Waals surface area (Å²) in [7, 11) is -4.07. The van der Waals surface area contributed by atoms with Crippen LogP contribution in [-0.2, 0) is 24.5 Å². The Morgan fingerprint density at radius 2 is 1.68 bits per heavy atom. The first-order chi connectivity index (χ1) is 14.6. The molecule has 0 aliphatic carbocycles. The van der Waals surface area contributed by atoms with E-state index in [9.17, 15) is 22.8 Å². The van der Waals surface area contributed by atoms with Gasteiger partial charge in [-0.25, -0.2) is 16.3 Å². The fourth-order valence-corrected chi connectivity index (χ4v) is 3.19. The van der Waals surface area contributed by atoms with Crippen LogP contribution in [-0.4, -0.2) is 79.5 Å². The third-order valence-corrected chi connectivity index (χ3v) is 5.12. The van der Waals surface area contributed by atoms with Crippen LogP contribution >= 0.6 is 0 Å². The van der Waals surface area contributed by atoms with E-state index in [1.165, 1.54) is 0 Å². The Kier molecular flexibility index (Phi) is 15.6. The predicted molar refractivity (Wildman–Crippen MR) is 115 cm³/mol. The molecule has 182 valence electrons. The summed E-state index contributed by atoms with van der Waals surface area (Å²) in [4.78, 5) is 36.6. The van der Waals surface area contributed by atoms with E-state index in [0.717, 1.165) is 0 Å². The van der Waals surface area contributed by atoms with Crippen LogP contribution in [0.15, 0.2) is 0 Å². The first kappa shape index (κ1) is 29.7. The van der Waals surface area contributed by atoms with Crippen molar-refractivity contribution in [2.45, 2.75) is 64.1 Å². The van der Waals surface area contributed by atoms with Crippen LogP contribution in [0, 0.1) is 5.92 Å². The zero-order valence-electron chi connectivity index (χ0n) is 18.2. The standard InChI is InChI=1S/C18H37N5O7S/c1-13(2)10-16(22-20-8-5-9-31(28,29)30)18(27)17(26)15(6-3-4-7-19)23-21-14(11-24)12-25/h11,13-16,20-23,25H,3-10,12,19H2,1-2H3,(H,28,29,30)/t14-,15+,16+/m1/s1. The molecule has 0 unspecified atom stereocenters. The van der Waals surface area contributed by atoms with E-state index in [1.54, 1.807) is 0 Å². The Morgan fingerprint density at radius 3 is 2.19 bits per heavy atom. The van der Waals surface area contributed by atoms with E-state index in [0.29, 0.717) is 38.5 Å². The van der Waals surface area contributed by atoms with Crippen LogP contribution in [0.1, 0.15) is 46.0 Å². The highest BCUT2D eigenvalue weighted by Gasteiger charge is 2.31. The highest BCUT2D eigenvalue weighted by molar-refractivity contribution is 7.85. The molecule has 31 heavy (non-hydrogen) atoms. The molecule has 8 N–H and O–H groups in total. The number of hydrazine groups is 2. The number of aldehydes is 1. The number of aliphatic hydroxyl groups excluding tert-OH is 1. The van der Waals surface area contributed by atoms with Crippen LogP contribution in [0.5, 0.6) is 0 Å². The molecule has 0 heterocycles. The summed E-state index contributed by atoms with van der Waals surface area (Å²) < 4.78 is 30.3. The number of aliphatic hydroxyl groups is 1. The van der Waals surface area contributed by atoms with Crippen LogP contribution < -0.4 is 27.4 Å². The van der Waals surface area contributed by atoms with Gasteiger partial charge in [0.2, 0.25) is 11.6 Å². The Bertz CT molecular complexity index is 645. The summed E-state index contributed by atoms with van der Waals surface area (Å²) >= 11 is 0. The molecule has 0 fully saturated rings. The molecule has 0 bridgehead atoms. The van der Waals surface area contributed by atoms with Crippen molar-refractivity contribution in [2.75, 3.05) is 25.4 Å². The minimum atomic E-state index is -4.07. The first-order valence-electron chi connectivity index (χ1n) is 10.3. The summed E-state index contributed by atoms with van der Waals surface area (Å²) in [5, 5.41) is 9.11. The van der Waals surface area contributed by atoms with E-state index in [4.69, 9.17) is 15.4 Å². The van der Waals surface area contributed by atoms with Gasteiger partial charge in [-0.15, -0.1) is 0 Å². The summed E-state index contributed by atoms with van der Waals surface area (Å²) in [6, 6.07) is -2.69. The molecule has 0 aliphatic rings. The normalized spacial score (nSPS) is 14.9. The van der Waals surface area contributed by atoms with Crippen molar-refractivity contribution in [2.24, 2.45) is 11.7 Å². The maximum atomic E-state index is 12.9. The molecule has 12 nitrogen and oxygen atoms in total. The van der Waals surface area contributed by atoms with Crippen LogP contribution in [0.2, 0.25) is 0 Å². The molecule has 0 rings (SSSR count). The second kappa shape index (κ2) is 16.3. The van der Waals surface area contributed by atoms with Gasteiger partial charge in [0.1, 0.15) is 6.29 Å². The maximum absolute atomic E-state index is 12.9. The van der Waals surface area contributed by atoms with Crippen molar-refractivity contribution >= 4 is 28.0 Å². The minimum Gasteiger partial charge on any atom is -0.394 e. The molecular formula is C18H37N5O7S. The van der Waals surface area contributed by atoms with Crippen molar-refractivity contribution in [1.29, 1.82) is 0 Å². The van der Waals surface area contributed by atoms with Gasteiger partial charge in [0, 0.05) is 6.54 Å². The molecule has 0 aromatic carbocycles. The average molecular weight is 468 g/mol. The molecule has 13 heteroatoms. The molecule has 0 aliphatic heterocycles. The van der Waals surface area contributed by atoms with Crippen molar-refractivity contribution in [1.82, 2.24) is 21.7 Å². The Balaban J connectivity index is 5.06. The molecule has 0 spiro atoms. The molecule has 3 atom stereocenters. The number of rotatable bonds is 20. The van der Waals surface area contributed by atoms with Crippen LogP contribution in [0.3, 0.4) is 0 Å². The van der Waals surface area contributed by atoms with Gasteiger partial charge in [-0.3, -0.25) is 19.6 Å². The number of hydrogen-bond donors (Lipinski definition) is 7. The quantitative estimate of drug-likeness (QED) is 0.0344. The smallest absolute Gasteiger partial charge is 0.264 e. The largest absolute Gasteiger partial charge is 0.394 e. The van der Waals surface area contributed by atoms with E-state index in [2.05, 4.69) is 21.7 Å². The minimum absolute atomic E-state index is 0.0875. The average Bonchev–Trinajstić information content (AvgIpc) is 2.70. The Hall–Kier alpha value is -1.32. The Labute approximate surface area is 183 Å². The molecule has 0 amide bonds. The number of unbranched alkanes of at least 4 members (excludes halogenated alkanes) is 1. The monoisotopic (exact) mass is 467 g/mol. The highest BCUT2D eigenvalue weighted by atomic mass is 32.2. The van der Waals surface area contributed by atoms with Gasteiger partial charge in [-0.05, 0) is 38.1 Å². The van der Waals surface area contributed by atoms with Crippen LogP contribution in [0.25, 0.3) is 0 Å². The summed E-state index contributed by atoms with van der Waals surface area (Å²) in [5.74, 6) is -1.70. The van der Waals surface area contributed by atoms with E-state index in [-0.39, 0.29) is 18.9 Å². The first-order valence-corrected chi connectivity index (χ1v) is 12.0. The SMILES string of the molecule is CC(C)C[C@H](NNCCCS(=O)(=O)O)C(=O)C(=O)[C@H](CCCCN)NN[C@H](C=O)CO. The molecule has 0 saturated carbocycles. The van der Waals surface area contributed by atoms with E-state index >= 15 is 0 Å². The lowest BCUT2D eigenvalue weighted by molar-refractivity contribution is -0.139. The van der Waals surface area contributed by atoms with E-state index < -0.39 is 52.2 Å². The molecular weight excluding hydrogens is 430 g/mol.